The van der Waals surface area contributed by atoms with E-state index in [4.69, 9.17) is 0 Å². The van der Waals surface area contributed by atoms with Crippen molar-refractivity contribution < 1.29 is 22.7 Å². The first-order valence-electron chi connectivity index (χ1n) is 12.8. The summed E-state index contributed by atoms with van der Waals surface area (Å²) < 4.78 is 42.6. The van der Waals surface area contributed by atoms with E-state index in [0.29, 0.717) is 12.2 Å². The van der Waals surface area contributed by atoms with Crippen LogP contribution < -0.4 is 20.3 Å². The Labute approximate surface area is 224 Å². The molecular weight excluding hydrogens is 515 g/mol. The van der Waals surface area contributed by atoms with Crippen LogP contribution >= 0.6 is 0 Å². The van der Waals surface area contributed by atoms with Crippen LogP contribution in [-0.4, -0.2) is 88.7 Å². The third kappa shape index (κ3) is 8.80. The summed E-state index contributed by atoms with van der Waals surface area (Å²) in [5.74, 6) is 0.259. The van der Waals surface area contributed by atoms with E-state index in [1.54, 1.807) is 30.1 Å². The molecule has 3 aromatic rings. The average Bonchev–Trinajstić information content (AvgIpc) is 3.40. The number of ether oxygens (including phenoxy) is 1. The second-order valence-corrected chi connectivity index (χ2v) is 9.11. The lowest BCUT2D eigenvalue weighted by atomic mass is 10.2. The van der Waals surface area contributed by atoms with Crippen molar-refractivity contribution in [3.8, 4) is 5.75 Å². The third-order valence-electron chi connectivity index (χ3n) is 6.33. The van der Waals surface area contributed by atoms with E-state index in [-0.39, 0.29) is 11.7 Å². The van der Waals surface area contributed by atoms with E-state index in [0.717, 1.165) is 75.7 Å². The molecule has 0 saturated carbocycles. The minimum absolute atomic E-state index is 0.214. The van der Waals surface area contributed by atoms with Crippen LogP contribution in [0.25, 0.3) is 0 Å². The topological polar surface area (TPSA) is 113 Å². The Balaban J connectivity index is 1.10. The minimum Gasteiger partial charge on any atom is -0.406 e. The third-order valence-corrected chi connectivity index (χ3v) is 6.33. The van der Waals surface area contributed by atoms with Crippen LogP contribution in [0.1, 0.15) is 29.0 Å². The van der Waals surface area contributed by atoms with E-state index in [1.807, 2.05) is 12.1 Å². The molecular formula is C25H32F3N9O2. The Bertz CT molecular complexity index is 1180. The van der Waals surface area contributed by atoms with Gasteiger partial charge in [-0.25, -0.2) is 0 Å². The number of carbonyl (C=O) groups excluding carboxylic acids is 1. The van der Waals surface area contributed by atoms with Gasteiger partial charge < -0.3 is 20.3 Å². The summed E-state index contributed by atoms with van der Waals surface area (Å²) in [5.41, 5.74) is 2.10. The van der Waals surface area contributed by atoms with Crippen LogP contribution in [0.4, 0.5) is 24.7 Å². The molecule has 14 heteroatoms. The van der Waals surface area contributed by atoms with E-state index in [9.17, 15) is 18.0 Å². The van der Waals surface area contributed by atoms with Gasteiger partial charge in [0.25, 0.3) is 5.91 Å². The van der Waals surface area contributed by atoms with Gasteiger partial charge >= 0.3 is 6.36 Å². The van der Waals surface area contributed by atoms with Crippen LogP contribution in [-0.2, 0) is 13.0 Å². The fraction of sp³-hybridized carbons (Fsp3) is 0.480. The summed E-state index contributed by atoms with van der Waals surface area (Å²) in [6.45, 7) is 5.55. The highest BCUT2D eigenvalue weighted by atomic mass is 19.4. The molecule has 1 saturated heterocycles. The maximum atomic E-state index is 12.3. The molecule has 0 unspecified atom stereocenters. The van der Waals surface area contributed by atoms with Crippen molar-refractivity contribution in [1.29, 1.82) is 0 Å². The predicted octanol–water partition coefficient (Wildman–Crippen LogP) is 2.58. The van der Waals surface area contributed by atoms with Gasteiger partial charge in [-0.1, -0.05) is 5.21 Å². The number of hydrogen-bond donors (Lipinski definition) is 2. The first-order valence-corrected chi connectivity index (χ1v) is 12.8. The number of rotatable bonds is 12. The van der Waals surface area contributed by atoms with E-state index < -0.39 is 6.36 Å². The van der Waals surface area contributed by atoms with Crippen LogP contribution in [0.3, 0.4) is 0 Å². The van der Waals surface area contributed by atoms with Crippen molar-refractivity contribution in [2.75, 3.05) is 56.5 Å². The lowest BCUT2D eigenvalue weighted by molar-refractivity contribution is -0.274. The Hall–Kier alpha value is -3.94. The van der Waals surface area contributed by atoms with Crippen LogP contribution in [0.2, 0.25) is 0 Å². The molecule has 1 aliphatic heterocycles. The molecule has 0 radical (unpaired) electrons. The number of halogens is 3. The van der Waals surface area contributed by atoms with Crippen molar-refractivity contribution >= 4 is 17.4 Å². The maximum Gasteiger partial charge on any atom is 0.573 e. The highest BCUT2D eigenvalue weighted by molar-refractivity contribution is 5.91. The number of aryl methyl sites for hydroxylation is 2. The summed E-state index contributed by atoms with van der Waals surface area (Å²) in [6, 6.07) is 9.89. The molecule has 0 bridgehead atoms. The SMILES string of the molecule is CNC(=O)c1cn(CCCCc2ccc(NCCN3CCN(c4ccc(OC(F)(F)F)cc4)CC3)nn2)nn1. The summed E-state index contributed by atoms with van der Waals surface area (Å²) >= 11 is 0. The van der Waals surface area contributed by atoms with Crippen molar-refractivity contribution in [3.63, 3.8) is 0 Å². The zero-order valence-electron chi connectivity index (χ0n) is 21.7. The van der Waals surface area contributed by atoms with E-state index in [1.165, 1.54) is 12.1 Å². The molecule has 39 heavy (non-hydrogen) atoms. The number of piperazine rings is 1. The quantitative estimate of drug-likeness (QED) is 0.330. The van der Waals surface area contributed by atoms with Gasteiger partial charge in [0.2, 0.25) is 0 Å². The molecule has 2 N–H and O–H groups in total. The molecule has 0 atom stereocenters. The molecule has 1 aliphatic rings. The number of anilines is 2. The monoisotopic (exact) mass is 547 g/mol. The molecule has 0 aliphatic carbocycles. The van der Waals surface area contributed by atoms with E-state index >= 15 is 0 Å². The Morgan fingerprint density at radius 3 is 2.41 bits per heavy atom. The smallest absolute Gasteiger partial charge is 0.406 e. The lowest BCUT2D eigenvalue weighted by Crippen LogP contribution is -2.47. The first kappa shape index (κ1) is 28.1. The second-order valence-electron chi connectivity index (χ2n) is 9.11. The van der Waals surface area contributed by atoms with Gasteiger partial charge in [-0.05, 0) is 55.7 Å². The summed E-state index contributed by atoms with van der Waals surface area (Å²) in [6.07, 6.45) is -0.460. The van der Waals surface area contributed by atoms with Gasteiger partial charge in [-0.15, -0.1) is 23.4 Å². The fourth-order valence-corrected chi connectivity index (χ4v) is 4.24. The zero-order chi connectivity index (χ0) is 27.7. The van der Waals surface area contributed by atoms with Crippen molar-refractivity contribution in [2.24, 2.45) is 0 Å². The Morgan fingerprint density at radius 2 is 1.74 bits per heavy atom. The summed E-state index contributed by atoms with van der Waals surface area (Å²) in [7, 11) is 1.56. The second kappa shape index (κ2) is 13.2. The van der Waals surface area contributed by atoms with Gasteiger partial charge in [0.15, 0.2) is 5.69 Å². The Kier molecular flexibility index (Phi) is 9.52. The number of amides is 1. The number of nitrogens with zero attached hydrogens (tertiary/aromatic N) is 7. The number of carbonyl (C=O) groups is 1. The van der Waals surface area contributed by atoms with Gasteiger partial charge in [0, 0.05) is 58.5 Å². The number of hydrogen-bond acceptors (Lipinski definition) is 9. The van der Waals surface area contributed by atoms with Crippen molar-refractivity contribution in [3.05, 3.63) is 54.0 Å². The van der Waals surface area contributed by atoms with E-state index in [2.05, 4.69) is 45.7 Å². The number of nitrogens with one attached hydrogen (secondary N) is 2. The standard InChI is InChI=1S/C25H32F3N9O2/c1-29-24(38)22-18-37(34-32-22)12-3-2-4-19-5-10-23(33-31-19)30-11-13-35-14-16-36(17-15-35)20-6-8-21(9-7-20)39-25(26,27)28/h5-10,18H,2-4,11-17H2,1H3,(H,29,38)(H,30,33). The number of alkyl halides is 3. The molecule has 1 fully saturated rings. The summed E-state index contributed by atoms with van der Waals surface area (Å²) in [4.78, 5) is 16.0. The number of unbranched alkanes of at least 4 members (excludes halogenated alkanes) is 1. The average molecular weight is 548 g/mol. The van der Waals surface area contributed by atoms with Crippen LogP contribution in [0.5, 0.6) is 5.75 Å². The van der Waals surface area contributed by atoms with Crippen LogP contribution in [0.15, 0.2) is 42.6 Å². The molecule has 3 heterocycles. The zero-order valence-corrected chi connectivity index (χ0v) is 21.7. The predicted molar refractivity (Wildman–Crippen MR) is 139 cm³/mol. The van der Waals surface area contributed by atoms with Gasteiger partial charge in [0.1, 0.15) is 11.6 Å². The molecule has 0 spiro atoms. The molecule has 1 amide bonds. The molecule has 1 aromatic carbocycles. The normalized spacial score (nSPS) is 14.3. The lowest BCUT2D eigenvalue weighted by Gasteiger charge is -2.36. The van der Waals surface area contributed by atoms with Crippen LogP contribution in [0, 0.1) is 0 Å². The molecule has 2 aromatic heterocycles. The molecule has 4 rings (SSSR count). The van der Waals surface area contributed by atoms with Gasteiger partial charge in [-0.2, -0.15) is 5.10 Å². The van der Waals surface area contributed by atoms with Gasteiger partial charge in [-0.3, -0.25) is 14.4 Å². The maximum absolute atomic E-state index is 12.3. The minimum atomic E-state index is -4.68. The first-order chi connectivity index (χ1) is 18.8. The highest BCUT2D eigenvalue weighted by Gasteiger charge is 2.31. The fourth-order valence-electron chi connectivity index (χ4n) is 4.24. The summed E-state index contributed by atoms with van der Waals surface area (Å²) in [5, 5.41) is 22.2. The van der Waals surface area contributed by atoms with Crippen molar-refractivity contribution in [1.82, 2.24) is 35.4 Å². The van der Waals surface area contributed by atoms with Gasteiger partial charge in [0.05, 0.1) is 11.9 Å². The largest absolute Gasteiger partial charge is 0.573 e. The Morgan fingerprint density at radius 1 is 0.974 bits per heavy atom. The molecule has 11 nitrogen and oxygen atoms in total. The van der Waals surface area contributed by atoms with Crippen molar-refractivity contribution in [2.45, 2.75) is 32.2 Å². The number of aromatic nitrogens is 5. The highest BCUT2D eigenvalue weighted by Crippen LogP contribution is 2.25. The molecule has 210 valence electrons. The number of benzene rings is 1.